The fraction of sp³-hybridized carbons (Fsp3) is 0.348. The molecule has 0 aliphatic rings. The van der Waals surface area contributed by atoms with Crippen LogP contribution in [0.4, 0.5) is 5.13 Å². The number of fused-ring (bicyclic) bond motifs is 1. The molecular formula is C23H28N3O3S+. The van der Waals surface area contributed by atoms with Crippen LogP contribution in [0.3, 0.4) is 0 Å². The topological polar surface area (TPSA) is 63.9 Å². The molecule has 3 aromatic rings. The number of benzene rings is 2. The minimum absolute atomic E-state index is 0.117. The molecule has 30 heavy (non-hydrogen) atoms. The molecule has 0 radical (unpaired) electrons. The van der Waals surface area contributed by atoms with Crippen LogP contribution in [0.15, 0.2) is 42.5 Å². The second-order valence-corrected chi connectivity index (χ2v) is 8.21. The SMILES string of the molecule is CC[NH+](CC)CCN(C(=O)c1ccc(C(=O)OC)cc1)c1nc2ccc(C)cc2s1. The van der Waals surface area contributed by atoms with Crippen LogP contribution in [0.25, 0.3) is 10.2 Å². The van der Waals surface area contributed by atoms with Crippen molar-refractivity contribution in [3.63, 3.8) is 0 Å². The van der Waals surface area contributed by atoms with Gasteiger partial charge in [-0.2, -0.15) is 0 Å². The first-order valence-electron chi connectivity index (χ1n) is 10.2. The zero-order valence-electron chi connectivity index (χ0n) is 17.9. The van der Waals surface area contributed by atoms with Gasteiger partial charge in [0.2, 0.25) is 0 Å². The van der Waals surface area contributed by atoms with Gasteiger partial charge in [-0.25, -0.2) is 9.78 Å². The van der Waals surface area contributed by atoms with Gasteiger partial charge in [0, 0.05) is 5.56 Å². The third-order valence-electron chi connectivity index (χ3n) is 5.25. The second kappa shape index (κ2) is 9.82. The molecule has 0 bridgehead atoms. The summed E-state index contributed by atoms with van der Waals surface area (Å²) < 4.78 is 5.81. The monoisotopic (exact) mass is 426 g/mol. The predicted molar refractivity (Wildman–Crippen MR) is 121 cm³/mol. The molecule has 0 unspecified atom stereocenters. The molecule has 2 aromatic carbocycles. The number of thiazole rings is 1. The number of nitrogens with zero attached hydrogens (tertiary/aromatic N) is 2. The third-order valence-corrected chi connectivity index (χ3v) is 6.29. The van der Waals surface area contributed by atoms with Gasteiger partial charge in [-0.15, -0.1) is 0 Å². The standard InChI is InChI=1S/C23H27N3O3S/c1-5-25(6-2)13-14-26(23-24-19-12-7-16(3)15-20(19)30-23)21(27)17-8-10-18(11-9-17)22(28)29-4/h7-12,15H,5-6,13-14H2,1-4H3/p+1. The van der Waals surface area contributed by atoms with Gasteiger partial charge in [-0.3, -0.25) is 9.69 Å². The number of aryl methyl sites for hydroxylation is 1. The van der Waals surface area contributed by atoms with E-state index in [0.29, 0.717) is 22.8 Å². The highest BCUT2D eigenvalue weighted by molar-refractivity contribution is 7.22. The fourth-order valence-corrected chi connectivity index (χ4v) is 4.40. The minimum Gasteiger partial charge on any atom is -0.465 e. The molecule has 0 aliphatic carbocycles. The van der Waals surface area contributed by atoms with Crippen molar-refractivity contribution in [1.29, 1.82) is 0 Å². The highest BCUT2D eigenvalue weighted by atomic mass is 32.1. The lowest BCUT2D eigenvalue weighted by Gasteiger charge is -2.23. The molecular weight excluding hydrogens is 398 g/mol. The number of nitrogens with one attached hydrogen (secondary N) is 1. The first kappa shape index (κ1) is 21.9. The number of hydrogen-bond donors (Lipinski definition) is 1. The number of anilines is 1. The maximum atomic E-state index is 13.4. The van der Waals surface area contributed by atoms with Crippen molar-refractivity contribution in [2.75, 3.05) is 38.2 Å². The summed E-state index contributed by atoms with van der Waals surface area (Å²) in [4.78, 5) is 33.0. The van der Waals surface area contributed by atoms with Crippen LogP contribution in [0.1, 0.15) is 40.1 Å². The molecule has 1 aromatic heterocycles. The Kier molecular flexibility index (Phi) is 7.18. The van der Waals surface area contributed by atoms with E-state index in [1.807, 2.05) is 19.1 Å². The largest absolute Gasteiger partial charge is 0.465 e. The van der Waals surface area contributed by atoms with Gasteiger partial charge in [0.1, 0.15) is 0 Å². The number of carbonyl (C=O) groups excluding carboxylic acids is 2. The average Bonchev–Trinajstić information content (AvgIpc) is 3.18. The van der Waals surface area contributed by atoms with E-state index in [9.17, 15) is 9.59 Å². The highest BCUT2D eigenvalue weighted by Crippen LogP contribution is 2.30. The second-order valence-electron chi connectivity index (χ2n) is 7.20. The van der Waals surface area contributed by atoms with Crippen molar-refractivity contribution in [3.05, 3.63) is 59.2 Å². The first-order valence-corrected chi connectivity index (χ1v) is 11.0. The van der Waals surface area contributed by atoms with E-state index in [4.69, 9.17) is 9.72 Å². The Morgan fingerprint density at radius 1 is 1.07 bits per heavy atom. The maximum Gasteiger partial charge on any atom is 0.337 e. The van der Waals surface area contributed by atoms with Crippen LogP contribution in [-0.4, -0.2) is 50.1 Å². The Labute approximate surface area is 181 Å². The molecule has 0 fully saturated rings. The maximum absolute atomic E-state index is 13.4. The molecule has 3 rings (SSSR count). The Balaban J connectivity index is 1.93. The molecule has 0 spiro atoms. The van der Waals surface area contributed by atoms with Gasteiger partial charge in [0.25, 0.3) is 5.91 Å². The lowest BCUT2D eigenvalue weighted by Crippen LogP contribution is -3.12. The molecule has 6 nitrogen and oxygen atoms in total. The Morgan fingerprint density at radius 3 is 2.37 bits per heavy atom. The summed E-state index contributed by atoms with van der Waals surface area (Å²) in [6.45, 7) is 9.78. The minimum atomic E-state index is -0.419. The van der Waals surface area contributed by atoms with Gasteiger partial charge in [0.05, 0.1) is 49.1 Å². The van der Waals surface area contributed by atoms with Crippen LogP contribution in [0, 0.1) is 6.92 Å². The lowest BCUT2D eigenvalue weighted by molar-refractivity contribution is -0.894. The smallest absolute Gasteiger partial charge is 0.337 e. The summed E-state index contributed by atoms with van der Waals surface area (Å²) in [5.74, 6) is -0.536. The van der Waals surface area contributed by atoms with Crippen molar-refractivity contribution in [2.45, 2.75) is 20.8 Å². The van der Waals surface area contributed by atoms with Crippen molar-refractivity contribution < 1.29 is 19.2 Å². The lowest BCUT2D eigenvalue weighted by atomic mass is 10.1. The van der Waals surface area contributed by atoms with Crippen molar-refractivity contribution in [3.8, 4) is 0 Å². The first-order chi connectivity index (χ1) is 14.5. The van der Waals surface area contributed by atoms with Gasteiger partial charge in [-0.1, -0.05) is 17.4 Å². The number of ether oxygens (including phenoxy) is 1. The van der Waals surface area contributed by atoms with E-state index in [1.54, 1.807) is 29.2 Å². The number of carbonyl (C=O) groups is 2. The van der Waals surface area contributed by atoms with Gasteiger partial charge in [0.15, 0.2) is 5.13 Å². The van der Waals surface area contributed by atoms with E-state index in [-0.39, 0.29) is 5.91 Å². The molecule has 1 N–H and O–H groups in total. The fourth-order valence-electron chi connectivity index (χ4n) is 3.32. The zero-order valence-corrected chi connectivity index (χ0v) is 18.7. The predicted octanol–water partition coefficient (Wildman–Crippen LogP) is 2.96. The van der Waals surface area contributed by atoms with E-state index in [0.717, 1.165) is 29.9 Å². The van der Waals surface area contributed by atoms with Crippen LogP contribution in [-0.2, 0) is 4.74 Å². The van der Waals surface area contributed by atoms with Crippen molar-refractivity contribution in [2.24, 2.45) is 0 Å². The summed E-state index contributed by atoms with van der Waals surface area (Å²) in [6.07, 6.45) is 0. The summed E-state index contributed by atoms with van der Waals surface area (Å²) in [6, 6.07) is 12.7. The summed E-state index contributed by atoms with van der Waals surface area (Å²) in [7, 11) is 1.34. The van der Waals surface area contributed by atoms with Crippen LogP contribution < -0.4 is 9.80 Å². The van der Waals surface area contributed by atoms with E-state index < -0.39 is 5.97 Å². The number of quaternary nitrogens is 1. The van der Waals surface area contributed by atoms with Crippen molar-refractivity contribution >= 4 is 38.6 Å². The quantitative estimate of drug-likeness (QED) is 0.563. The third kappa shape index (κ3) is 4.86. The van der Waals surface area contributed by atoms with Gasteiger partial charge >= 0.3 is 5.97 Å². The molecule has 7 heteroatoms. The van der Waals surface area contributed by atoms with Gasteiger partial charge in [-0.05, 0) is 62.7 Å². The van der Waals surface area contributed by atoms with Gasteiger partial charge < -0.3 is 9.64 Å². The molecule has 0 atom stereocenters. The number of likely N-dealkylation sites (N-methyl/N-ethyl adjacent to an activating group) is 1. The van der Waals surface area contributed by atoms with E-state index >= 15 is 0 Å². The van der Waals surface area contributed by atoms with E-state index in [2.05, 4.69) is 19.9 Å². The molecule has 158 valence electrons. The molecule has 0 saturated heterocycles. The number of methoxy groups -OCH3 is 1. The average molecular weight is 427 g/mol. The number of hydrogen-bond acceptors (Lipinski definition) is 5. The van der Waals surface area contributed by atoms with E-state index in [1.165, 1.54) is 28.9 Å². The summed E-state index contributed by atoms with van der Waals surface area (Å²) in [5, 5.41) is 0.698. The van der Waals surface area contributed by atoms with Crippen LogP contribution in [0.5, 0.6) is 0 Å². The number of rotatable bonds is 8. The summed E-state index contributed by atoms with van der Waals surface area (Å²) >= 11 is 1.53. The number of amides is 1. The molecule has 1 amide bonds. The van der Waals surface area contributed by atoms with Crippen molar-refractivity contribution in [1.82, 2.24) is 4.98 Å². The normalized spacial score (nSPS) is 11.1. The van der Waals surface area contributed by atoms with Crippen LogP contribution >= 0.6 is 11.3 Å². The Morgan fingerprint density at radius 2 is 1.73 bits per heavy atom. The molecule has 0 aliphatic heterocycles. The van der Waals surface area contributed by atoms with Crippen LogP contribution in [0.2, 0.25) is 0 Å². The Hall–Kier alpha value is -2.77. The molecule has 0 saturated carbocycles. The molecule has 1 heterocycles. The zero-order chi connectivity index (χ0) is 21.7. The summed E-state index contributed by atoms with van der Waals surface area (Å²) in [5.41, 5.74) is 3.01. The number of esters is 1. The Bertz CT molecular complexity index is 1030. The number of aromatic nitrogens is 1. The highest BCUT2D eigenvalue weighted by Gasteiger charge is 2.23.